The molecule has 0 spiro atoms. The van der Waals surface area contributed by atoms with Crippen LogP contribution >= 0.6 is 11.8 Å². The molecule has 0 saturated carbocycles. The van der Waals surface area contributed by atoms with Crippen LogP contribution in [0.1, 0.15) is 5.69 Å². The van der Waals surface area contributed by atoms with Crippen LogP contribution in [-0.2, 0) is 18.4 Å². The average Bonchev–Trinajstić information content (AvgIpc) is 2.58. The number of ether oxygens (including phenoxy) is 1. The zero-order valence-corrected chi connectivity index (χ0v) is 10.0. The lowest BCUT2D eigenvalue weighted by Gasteiger charge is -2.07. The summed E-state index contributed by atoms with van der Waals surface area (Å²) in [6.45, 7) is -1.34. The lowest BCUT2D eigenvalue weighted by atomic mass is 10.5. The van der Waals surface area contributed by atoms with Gasteiger partial charge in [0.25, 0.3) is 0 Å². The van der Waals surface area contributed by atoms with Crippen LogP contribution in [0.4, 0.5) is 13.2 Å². The van der Waals surface area contributed by atoms with E-state index in [-0.39, 0.29) is 13.2 Å². The van der Waals surface area contributed by atoms with E-state index < -0.39 is 12.8 Å². The van der Waals surface area contributed by atoms with Gasteiger partial charge in [0.2, 0.25) is 0 Å². The fourth-order valence-electron chi connectivity index (χ4n) is 1.09. The monoisotopic (exact) mass is 270 g/mol. The molecule has 0 unspecified atom stereocenters. The maximum Gasteiger partial charge on any atom is 0.411 e. The summed E-state index contributed by atoms with van der Waals surface area (Å²) in [5.74, 6) is 0.381. The van der Waals surface area contributed by atoms with E-state index in [1.807, 2.05) is 0 Å². The minimum Gasteiger partial charge on any atom is -0.390 e. The highest BCUT2D eigenvalue weighted by Gasteiger charge is 2.27. The number of thioether (sulfide) groups is 1. The molecule has 1 rings (SSSR count). The predicted octanol–water partition coefficient (Wildman–Crippen LogP) is 1.58. The molecule has 98 valence electrons. The van der Waals surface area contributed by atoms with Crippen molar-refractivity contribution in [1.82, 2.24) is 9.55 Å². The molecular formula is C9H13F3N2O2S. The SMILES string of the molecule is Cn1c(CO)cnc1SCCOCC(F)(F)F. The van der Waals surface area contributed by atoms with Gasteiger partial charge in [-0.1, -0.05) is 11.8 Å². The number of halogens is 3. The maximum absolute atomic E-state index is 11.7. The Labute approximate surface area is 101 Å². The molecule has 0 bridgehead atoms. The first-order chi connectivity index (χ1) is 7.94. The van der Waals surface area contributed by atoms with Crippen LogP contribution in [-0.4, -0.2) is 39.8 Å². The van der Waals surface area contributed by atoms with Crippen molar-refractivity contribution in [1.29, 1.82) is 0 Å². The predicted molar refractivity (Wildman–Crippen MR) is 56.7 cm³/mol. The molecule has 8 heteroatoms. The molecule has 0 saturated heterocycles. The first-order valence-corrected chi connectivity index (χ1v) is 5.81. The third-order valence-corrected chi connectivity index (χ3v) is 2.94. The molecule has 0 fully saturated rings. The second-order valence-electron chi connectivity index (χ2n) is 3.27. The molecule has 0 radical (unpaired) electrons. The quantitative estimate of drug-likeness (QED) is 0.630. The first-order valence-electron chi connectivity index (χ1n) is 4.83. The van der Waals surface area contributed by atoms with Gasteiger partial charge in [-0.3, -0.25) is 0 Å². The number of hydrogen-bond donors (Lipinski definition) is 1. The highest BCUT2D eigenvalue weighted by atomic mass is 32.2. The lowest BCUT2D eigenvalue weighted by Crippen LogP contribution is -2.18. The van der Waals surface area contributed by atoms with Crippen LogP contribution in [0.3, 0.4) is 0 Å². The minimum absolute atomic E-state index is 0.00545. The minimum atomic E-state index is -4.28. The molecule has 1 aromatic heterocycles. The van der Waals surface area contributed by atoms with Crippen molar-refractivity contribution in [2.24, 2.45) is 7.05 Å². The number of alkyl halides is 3. The van der Waals surface area contributed by atoms with E-state index >= 15 is 0 Å². The number of aliphatic hydroxyl groups is 1. The third kappa shape index (κ3) is 4.97. The number of rotatable bonds is 6. The van der Waals surface area contributed by atoms with Crippen molar-refractivity contribution in [3.8, 4) is 0 Å². The number of nitrogens with zero attached hydrogens (tertiary/aromatic N) is 2. The molecule has 1 aromatic rings. The van der Waals surface area contributed by atoms with Crippen molar-refractivity contribution in [3.05, 3.63) is 11.9 Å². The molecule has 17 heavy (non-hydrogen) atoms. The number of hydrogen-bond acceptors (Lipinski definition) is 4. The molecule has 0 atom stereocenters. The van der Waals surface area contributed by atoms with E-state index in [0.29, 0.717) is 16.6 Å². The van der Waals surface area contributed by atoms with Crippen LogP contribution in [0.25, 0.3) is 0 Å². The largest absolute Gasteiger partial charge is 0.411 e. The highest BCUT2D eigenvalue weighted by molar-refractivity contribution is 7.99. The normalized spacial score (nSPS) is 12.1. The van der Waals surface area contributed by atoms with Gasteiger partial charge in [0.15, 0.2) is 5.16 Å². The van der Waals surface area contributed by atoms with Crippen LogP contribution in [0.2, 0.25) is 0 Å². The Balaban J connectivity index is 2.25. The average molecular weight is 270 g/mol. The molecule has 0 aliphatic heterocycles. The summed E-state index contributed by atoms with van der Waals surface area (Å²) < 4.78 is 41.4. The molecule has 0 aromatic carbocycles. The Bertz CT molecular complexity index is 355. The van der Waals surface area contributed by atoms with Crippen LogP contribution in [0.15, 0.2) is 11.4 Å². The standard InChI is InChI=1S/C9H13F3N2O2S/c1-14-7(5-15)4-13-8(14)17-3-2-16-6-9(10,11)12/h4,15H,2-3,5-6H2,1H3. The van der Waals surface area contributed by atoms with Crippen molar-refractivity contribution >= 4 is 11.8 Å². The summed E-state index contributed by atoms with van der Waals surface area (Å²) in [4.78, 5) is 4.02. The lowest BCUT2D eigenvalue weighted by molar-refractivity contribution is -0.172. The van der Waals surface area contributed by atoms with Gasteiger partial charge in [-0.15, -0.1) is 0 Å². The number of imidazole rings is 1. The van der Waals surface area contributed by atoms with E-state index in [0.717, 1.165) is 0 Å². The van der Waals surface area contributed by atoms with E-state index in [9.17, 15) is 13.2 Å². The fraction of sp³-hybridized carbons (Fsp3) is 0.667. The molecule has 0 aliphatic rings. The fourth-order valence-corrected chi connectivity index (χ4v) is 1.91. The van der Waals surface area contributed by atoms with Gasteiger partial charge in [0, 0.05) is 12.8 Å². The topological polar surface area (TPSA) is 47.3 Å². The van der Waals surface area contributed by atoms with Gasteiger partial charge < -0.3 is 14.4 Å². The van der Waals surface area contributed by atoms with E-state index in [2.05, 4.69) is 9.72 Å². The summed E-state index contributed by atoms with van der Waals surface area (Å²) in [5.41, 5.74) is 0.656. The summed E-state index contributed by atoms with van der Waals surface area (Å²) in [6, 6.07) is 0. The summed E-state index contributed by atoms with van der Waals surface area (Å²) in [5, 5.41) is 9.55. The summed E-state index contributed by atoms with van der Waals surface area (Å²) >= 11 is 1.28. The van der Waals surface area contributed by atoms with Crippen LogP contribution in [0.5, 0.6) is 0 Å². The zero-order chi connectivity index (χ0) is 12.9. The van der Waals surface area contributed by atoms with Crippen molar-refractivity contribution < 1.29 is 23.0 Å². The van der Waals surface area contributed by atoms with Crippen molar-refractivity contribution in [3.63, 3.8) is 0 Å². The Morgan fingerprint density at radius 1 is 1.53 bits per heavy atom. The second kappa shape index (κ2) is 6.27. The summed E-state index contributed by atoms with van der Waals surface area (Å²) in [7, 11) is 1.73. The molecule has 4 nitrogen and oxygen atoms in total. The Morgan fingerprint density at radius 2 is 2.24 bits per heavy atom. The van der Waals surface area contributed by atoms with E-state index in [1.54, 1.807) is 11.6 Å². The Morgan fingerprint density at radius 3 is 2.76 bits per heavy atom. The van der Waals surface area contributed by atoms with E-state index in [1.165, 1.54) is 18.0 Å². The number of aliphatic hydroxyl groups excluding tert-OH is 1. The smallest absolute Gasteiger partial charge is 0.390 e. The van der Waals surface area contributed by atoms with Gasteiger partial charge in [-0.25, -0.2) is 4.98 Å². The molecule has 1 N–H and O–H groups in total. The molecule has 1 heterocycles. The van der Waals surface area contributed by atoms with Gasteiger partial charge in [0.05, 0.1) is 25.1 Å². The second-order valence-corrected chi connectivity index (χ2v) is 4.33. The Kier molecular flexibility index (Phi) is 5.29. The van der Waals surface area contributed by atoms with Crippen LogP contribution in [0, 0.1) is 0 Å². The van der Waals surface area contributed by atoms with Gasteiger partial charge in [-0.05, 0) is 0 Å². The van der Waals surface area contributed by atoms with Crippen molar-refractivity contribution in [2.45, 2.75) is 17.9 Å². The maximum atomic E-state index is 11.7. The van der Waals surface area contributed by atoms with Gasteiger partial charge >= 0.3 is 6.18 Å². The Hall–Kier alpha value is -0.730. The van der Waals surface area contributed by atoms with Gasteiger partial charge in [-0.2, -0.15) is 13.2 Å². The highest BCUT2D eigenvalue weighted by Crippen LogP contribution is 2.18. The van der Waals surface area contributed by atoms with Gasteiger partial charge in [0.1, 0.15) is 6.61 Å². The van der Waals surface area contributed by atoms with E-state index in [4.69, 9.17) is 5.11 Å². The third-order valence-electron chi connectivity index (χ3n) is 1.93. The molecular weight excluding hydrogens is 257 g/mol. The van der Waals surface area contributed by atoms with Crippen molar-refractivity contribution in [2.75, 3.05) is 19.0 Å². The first kappa shape index (κ1) is 14.3. The molecule has 0 aliphatic carbocycles. The van der Waals surface area contributed by atoms with Crippen LogP contribution < -0.4 is 0 Å². The molecule has 0 amide bonds. The zero-order valence-electron chi connectivity index (χ0n) is 9.20. The number of aromatic nitrogens is 2. The summed E-state index contributed by atoms with van der Waals surface area (Å²) in [6.07, 6.45) is -2.75.